The molecule has 1 N–H and O–H groups in total. The number of nitrogens with zero attached hydrogens (tertiary/aromatic N) is 6. The maximum atomic E-state index is 13.1. The molecule has 10 rings (SSSR count). The van der Waals surface area contributed by atoms with Gasteiger partial charge in [0.1, 0.15) is 4.34 Å². The van der Waals surface area contributed by atoms with Crippen molar-refractivity contribution in [1.29, 1.82) is 0 Å². The second-order valence-corrected chi connectivity index (χ2v) is 37.6. The van der Waals surface area contributed by atoms with Crippen LogP contribution in [0.3, 0.4) is 0 Å². The number of thiophene rings is 3. The van der Waals surface area contributed by atoms with Crippen molar-refractivity contribution in [2.75, 3.05) is 13.2 Å². The summed E-state index contributed by atoms with van der Waals surface area (Å²) in [6.45, 7) is 49.8. The fourth-order valence-corrected chi connectivity index (χ4v) is 17.7. The molecule has 0 saturated carbocycles. The number of allylic oxidation sites excluding steroid dienone is 6. The average molecular weight is 1510 g/mol. The SMILES string of the molecule is CCOC(=O)C(OC(C)(C)C)c1c(C)sc(-c2cnn(C)c2)c1C1=CCC(C(C)C)CC1.CCOC(=O)C(OC(C)(C)C)c1c(C)sc(Cl)c1C1=CCC(C(C)C)CC1.Cc1sc(-c2cnn(C)c2)c(C2=CCC(C(C)C)CC2)c1C(OC(C)(C)C)C(=O)O.Cn1cc(B2OC(C)(C)C(C)(C)O2)cn1. The number of carboxylic acids is 1. The molecule has 104 heavy (non-hydrogen) atoms. The van der Waals surface area contributed by atoms with E-state index >= 15 is 0 Å². The molecule has 6 aromatic rings. The number of rotatable bonds is 20. The summed E-state index contributed by atoms with van der Waals surface area (Å²) in [4.78, 5) is 43.5. The van der Waals surface area contributed by atoms with E-state index in [2.05, 4.69) is 82.0 Å². The van der Waals surface area contributed by atoms with E-state index < -0.39 is 41.1 Å². The van der Waals surface area contributed by atoms with E-state index in [1.54, 1.807) is 38.2 Å². The largest absolute Gasteiger partial charge is 0.498 e. The summed E-state index contributed by atoms with van der Waals surface area (Å²) >= 11 is 11.5. The van der Waals surface area contributed by atoms with Gasteiger partial charge in [-0.1, -0.05) is 71.4 Å². The highest BCUT2D eigenvalue weighted by Gasteiger charge is 2.52. The Balaban J connectivity index is 0.000000199. The van der Waals surface area contributed by atoms with Gasteiger partial charge in [-0.3, -0.25) is 14.0 Å². The predicted octanol–water partition coefficient (Wildman–Crippen LogP) is 20.6. The van der Waals surface area contributed by atoms with Crippen LogP contribution >= 0.6 is 45.6 Å². The highest BCUT2D eigenvalue weighted by molar-refractivity contribution is 7.17. The Hall–Kier alpha value is -5.49. The van der Waals surface area contributed by atoms with Crippen LogP contribution in [0.5, 0.6) is 0 Å². The Bertz CT molecular complexity index is 3970. The molecule has 0 spiro atoms. The van der Waals surface area contributed by atoms with Crippen LogP contribution in [-0.4, -0.2) is 101 Å². The van der Waals surface area contributed by atoms with Gasteiger partial charge in [0.25, 0.3) is 0 Å². The van der Waals surface area contributed by atoms with Crippen LogP contribution in [0.1, 0.15) is 270 Å². The summed E-state index contributed by atoms with van der Waals surface area (Å²) in [5.74, 6) is 2.49. The molecule has 574 valence electrons. The Labute approximate surface area is 639 Å². The van der Waals surface area contributed by atoms with Crippen LogP contribution in [0.2, 0.25) is 4.34 Å². The first kappa shape index (κ1) is 85.8. The van der Waals surface area contributed by atoms with E-state index in [4.69, 9.17) is 44.6 Å². The van der Waals surface area contributed by atoms with Crippen LogP contribution in [-0.2, 0) is 68.5 Å². The Kier molecular flexibility index (Phi) is 29.4. The molecule has 0 aromatic carbocycles. The summed E-state index contributed by atoms with van der Waals surface area (Å²) < 4.78 is 47.3. The topological polar surface area (TPSA) is 190 Å². The monoisotopic (exact) mass is 1510 g/mol. The number of ether oxygens (including phenoxy) is 5. The Morgan fingerprint density at radius 3 is 1.17 bits per heavy atom. The van der Waals surface area contributed by atoms with E-state index in [-0.39, 0.29) is 30.3 Å². The van der Waals surface area contributed by atoms with E-state index in [1.807, 2.05) is 175 Å². The van der Waals surface area contributed by atoms with Crippen molar-refractivity contribution >= 4 is 92.8 Å². The fourth-order valence-electron chi connectivity index (χ4n) is 13.8. The van der Waals surface area contributed by atoms with Crippen LogP contribution in [0.25, 0.3) is 37.6 Å². The first-order chi connectivity index (χ1) is 48.4. The lowest BCUT2D eigenvalue weighted by molar-refractivity contribution is -0.167. The molecule has 17 nitrogen and oxygen atoms in total. The van der Waals surface area contributed by atoms with Gasteiger partial charge in [0, 0.05) is 120 Å². The van der Waals surface area contributed by atoms with Gasteiger partial charge in [-0.15, -0.1) is 34.0 Å². The molecule has 6 unspecified atom stereocenters. The van der Waals surface area contributed by atoms with E-state index in [0.29, 0.717) is 48.7 Å². The van der Waals surface area contributed by atoms with E-state index in [1.165, 1.54) is 28.1 Å². The molecule has 1 aliphatic heterocycles. The quantitative estimate of drug-likeness (QED) is 0.0561. The standard InChI is InChI=1S/C26H38N2O3S.C24H34N2O3S.C22H33ClO3S.C10H17BN2O2/c1-9-30-25(29)23(31-26(5,6)7)21-17(4)32-24(20-14-27-28(8)15-20)22(21)19-12-10-18(11-13-19)16(2)3;1-14(2)16-8-10-17(11-9-16)20-19(21(23(27)28)29-24(4,5)6)15(3)30-22(20)18-12-25-26(7)13-18;1-8-25-21(24)19(26-22(5,6)7)17-14(4)27-20(23)18(17)16-11-9-15(10-12-16)13(2)3;1-9(2)10(3,4)15-11(14-9)8-6-12-13(5)7-8/h12,14-16,18,23H,9-11,13H2,1-8H3;10,12-14,16,21H,8-9,11H2,1-7H3,(H,27,28);11,13,15,19H,8-10,12H2,1-7H3;6-7H,1-5H3. The van der Waals surface area contributed by atoms with Crippen molar-refractivity contribution in [3.05, 3.63) is 108 Å². The summed E-state index contributed by atoms with van der Waals surface area (Å²) in [5, 5.41) is 22.9. The number of halogens is 1. The molecule has 4 aliphatic rings. The number of carboxylic acid groups (broad SMARTS) is 1. The number of hydrogen-bond donors (Lipinski definition) is 1. The zero-order chi connectivity index (χ0) is 77.5. The number of carbonyl (C=O) groups excluding carboxylic acids is 2. The van der Waals surface area contributed by atoms with Gasteiger partial charge in [0.15, 0.2) is 18.3 Å². The van der Waals surface area contributed by atoms with Gasteiger partial charge in [-0.2, -0.15) is 15.3 Å². The minimum Gasteiger partial charge on any atom is -0.479 e. The number of aryl methyl sites for hydroxylation is 6. The van der Waals surface area contributed by atoms with E-state index in [9.17, 15) is 19.5 Å². The zero-order valence-electron chi connectivity index (χ0n) is 67.6. The van der Waals surface area contributed by atoms with Crippen LogP contribution < -0.4 is 5.46 Å². The molecule has 3 aliphatic carbocycles. The van der Waals surface area contributed by atoms with Crippen molar-refractivity contribution in [2.45, 2.75) is 270 Å². The molecule has 7 heterocycles. The molecule has 0 bridgehead atoms. The maximum absolute atomic E-state index is 13.1. The number of hydrogen-bond acceptors (Lipinski definition) is 16. The van der Waals surface area contributed by atoms with Gasteiger partial charge in [-0.25, -0.2) is 14.4 Å². The van der Waals surface area contributed by atoms with Crippen molar-refractivity contribution in [1.82, 2.24) is 29.3 Å². The van der Waals surface area contributed by atoms with Crippen molar-refractivity contribution in [3.8, 4) is 20.9 Å². The highest BCUT2D eigenvalue weighted by Crippen LogP contribution is 2.51. The summed E-state index contributed by atoms with van der Waals surface area (Å²) in [6.07, 6.45) is 25.6. The van der Waals surface area contributed by atoms with Crippen molar-refractivity contribution < 1.29 is 52.5 Å². The molecule has 1 saturated heterocycles. The van der Waals surface area contributed by atoms with E-state index in [0.717, 1.165) is 136 Å². The van der Waals surface area contributed by atoms with Gasteiger partial charge in [0.2, 0.25) is 0 Å². The van der Waals surface area contributed by atoms with Gasteiger partial charge in [-0.05, 0) is 235 Å². The third kappa shape index (κ3) is 22.1. The molecular weight excluding hydrogens is 1390 g/mol. The lowest BCUT2D eigenvalue weighted by Crippen LogP contribution is -2.41. The molecule has 22 heteroatoms. The van der Waals surface area contributed by atoms with Crippen molar-refractivity contribution in [2.24, 2.45) is 56.7 Å². The smallest absolute Gasteiger partial charge is 0.479 e. The lowest BCUT2D eigenvalue weighted by Gasteiger charge is -2.32. The Morgan fingerprint density at radius 2 is 0.875 bits per heavy atom. The van der Waals surface area contributed by atoms with Gasteiger partial charge in [0.05, 0.1) is 53.6 Å². The van der Waals surface area contributed by atoms with Crippen LogP contribution in [0, 0.1) is 56.3 Å². The first-order valence-electron chi connectivity index (χ1n) is 37.4. The predicted molar refractivity (Wildman–Crippen MR) is 428 cm³/mol. The highest BCUT2D eigenvalue weighted by atomic mass is 35.5. The van der Waals surface area contributed by atoms with Crippen LogP contribution in [0.4, 0.5) is 0 Å². The molecule has 6 atom stereocenters. The maximum Gasteiger partial charge on any atom is 0.498 e. The third-order valence-electron chi connectivity index (χ3n) is 20.1. The normalized spacial score (nSPS) is 19.2. The number of aliphatic carboxylic acids is 1. The zero-order valence-corrected chi connectivity index (χ0v) is 70.8. The third-order valence-corrected chi connectivity index (χ3v) is 23.8. The van der Waals surface area contributed by atoms with Gasteiger partial charge >= 0.3 is 25.0 Å². The lowest BCUT2D eigenvalue weighted by atomic mass is 9.79. The van der Waals surface area contributed by atoms with Gasteiger partial charge < -0.3 is 38.1 Å². The van der Waals surface area contributed by atoms with Crippen LogP contribution in [0.15, 0.2) is 55.4 Å². The second-order valence-electron chi connectivity index (χ2n) is 33.3. The fraction of sp³-hybridized carbons (Fsp3) is 0.634. The number of carbonyl (C=O) groups is 3. The molecule has 0 amide bonds. The number of esters is 2. The second kappa shape index (κ2) is 35.7. The summed E-state index contributed by atoms with van der Waals surface area (Å²) in [5.41, 5.74) is 10.6. The van der Waals surface area contributed by atoms with Crippen molar-refractivity contribution in [3.63, 3.8) is 0 Å². The molecule has 1 fully saturated rings. The molecule has 0 radical (unpaired) electrons. The summed E-state index contributed by atoms with van der Waals surface area (Å²) in [6, 6.07) is 0. The number of aromatic nitrogens is 6. The minimum atomic E-state index is -0.995. The molecular formula is C82H122BClN6O11S3. The summed E-state index contributed by atoms with van der Waals surface area (Å²) in [7, 11) is 5.42. The average Bonchev–Trinajstić information content (AvgIpc) is 1.57. The Morgan fingerprint density at radius 1 is 0.548 bits per heavy atom. The first-order valence-corrected chi connectivity index (χ1v) is 40.2. The molecule has 6 aromatic heterocycles. The minimum absolute atomic E-state index is 0.284.